The van der Waals surface area contributed by atoms with E-state index in [1.54, 1.807) is 89.1 Å². The molecule has 12 aromatic rings. The molecule has 3 fully saturated rings. The number of carbonyl (C=O) groups excluding carboxylic acids is 3. The quantitative estimate of drug-likeness (QED) is 0.0652. The molecule has 690 valence electrons. The number of phenols is 3. The van der Waals surface area contributed by atoms with Gasteiger partial charge in [0, 0.05) is 114 Å². The highest BCUT2D eigenvalue weighted by Crippen LogP contribution is 2.55. The normalized spacial score (nSPS) is 16.2. The standard InChI is InChI=1S/C32H30ClF3N6O3.C31H28ClF3N6O3.C31H27ClF3N5O4/c1-6-20(44)40-11-12-41-17(14-40)13-39(5)30-23-29(24(33)22(26(30)36)21-19(43)8-7-18(34)25(21)35)42(32(45)38-31(23)41)28-16(4)9-10-37-27(28)15(2)3;1-5-19(43)39-10-11-40-16(13-39)12-37-27-22-29(23(32)21(25(27)35)20-18(42)7-6-17(33)24(20)34)41(31(44)38-30(22)40)28-15(4)8-9-36-26(28)14(2)3;1-5-19(42)38-10-11-39-16(12-38)13-44-29-22-28(23(32)21(25(29)35)20-18(41)7-6-17(33)24(20)34)40(31(43)37-30(22)39)27-15(4)8-9-36-26(27)14(2)3/h6-10,15,17,43H,1,11-14H2,2-5H3;5-9,14,16,37,42H,1,10-13H2,2-4H3;5-9,14,16,41H,1,10-13H2,2-4H3. The van der Waals surface area contributed by atoms with Crippen LogP contribution < -0.4 is 46.7 Å². The second-order valence-corrected chi connectivity index (χ2v) is 34.9. The number of nitrogens with zero attached hydrogens (tertiary/aromatic N) is 16. The van der Waals surface area contributed by atoms with Gasteiger partial charge in [0.1, 0.15) is 41.3 Å². The van der Waals surface area contributed by atoms with Crippen LogP contribution >= 0.6 is 34.8 Å². The van der Waals surface area contributed by atoms with Gasteiger partial charge >= 0.3 is 17.1 Å². The van der Waals surface area contributed by atoms with Crippen LogP contribution in [0.15, 0.2) is 126 Å². The third-order valence-corrected chi connectivity index (χ3v) is 25.9. The van der Waals surface area contributed by atoms with Crippen LogP contribution in [0.3, 0.4) is 0 Å². The summed E-state index contributed by atoms with van der Waals surface area (Å²) in [5.41, 5.74) is -2.42. The molecule has 6 aliphatic heterocycles. The summed E-state index contributed by atoms with van der Waals surface area (Å²) in [6.45, 7) is 29.6. The van der Waals surface area contributed by atoms with E-state index in [4.69, 9.17) is 39.5 Å². The van der Waals surface area contributed by atoms with Crippen LogP contribution in [0.1, 0.15) is 93.1 Å². The van der Waals surface area contributed by atoms with Crippen LogP contribution in [0.4, 0.5) is 68.3 Å². The molecule has 18 rings (SSSR count). The number of likely N-dealkylation sites (N-methyl/N-ethyl adjacent to an activating group) is 1. The van der Waals surface area contributed by atoms with Crippen molar-refractivity contribution in [2.45, 2.75) is 98.2 Å². The first kappa shape index (κ1) is 92.5. The fourth-order valence-electron chi connectivity index (χ4n) is 18.6. The highest BCUT2D eigenvalue weighted by Gasteiger charge is 2.45. The zero-order valence-electron chi connectivity index (χ0n) is 73.1. The number of anilines is 5. The van der Waals surface area contributed by atoms with E-state index >= 15 is 26.3 Å². The highest BCUT2D eigenvalue weighted by atomic mass is 35.5. The molecule has 0 bridgehead atoms. The topological polar surface area (TPSA) is 299 Å². The number of nitrogens with one attached hydrogen (secondary N) is 1. The summed E-state index contributed by atoms with van der Waals surface area (Å²) in [4.78, 5) is 118. The Morgan fingerprint density at radius 2 is 0.774 bits per heavy atom. The maximum atomic E-state index is 17.0. The van der Waals surface area contributed by atoms with Crippen molar-refractivity contribution in [2.75, 3.05) is 111 Å². The van der Waals surface area contributed by atoms with Gasteiger partial charge in [-0.2, -0.15) is 15.0 Å². The molecule has 3 atom stereocenters. The van der Waals surface area contributed by atoms with E-state index in [0.29, 0.717) is 76.1 Å². The number of hydrogen-bond donors (Lipinski definition) is 4. The fraction of sp³-hybridized carbons (Fsp3) is 0.298. The summed E-state index contributed by atoms with van der Waals surface area (Å²) in [6, 6.07) is 8.49. The van der Waals surface area contributed by atoms with Crippen LogP contribution in [0, 0.1) is 73.1 Å². The van der Waals surface area contributed by atoms with Crippen molar-refractivity contribution in [3.8, 4) is 73.4 Å². The lowest BCUT2D eigenvalue weighted by Crippen LogP contribution is -2.57. The molecule has 27 nitrogen and oxygen atoms in total. The molecular formula is C94H85Cl3F9N17O10. The van der Waals surface area contributed by atoms with Crippen LogP contribution in [0.5, 0.6) is 23.0 Å². The second kappa shape index (κ2) is 35.8. The number of fused-ring (bicyclic) bond motifs is 6. The van der Waals surface area contributed by atoms with Crippen molar-refractivity contribution in [1.29, 1.82) is 0 Å². The van der Waals surface area contributed by atoms with Crippen molar-refractivity contribution < 1.29 is 74.0 Å². The van der Waals surface area contributed by atoms with Crippen LogP contribution in [-0.2, 0) is 14.4 Å². The molecule has 0 aliphatic carbocycles. The Morgan fingerprint density at radius 1 is 0.436 bits per heavy atom. The first-order valence-corrected chi connectivity index (χ1v) is 43.4. The smallest absolute Gasteiger partial charge is 0.354 e. The van der Waals surface area contributed by atoms with Crippen LogP contribution in [0.25, 0.3) is 83.2 Å². The number of piperazine rings is 3. The number of pyridine rings is 3. The average molecular weight is 1890 g/mol. The number of rotatable bonds is 12. The van der Waals surface area contributed by atoms with E-state index in [1.165, 1.54) is 31.9 Å². The molecule has 6 aromatic heterocycles. The lowest BCUT2D eigenvalue weighted by atomic mass is 9.98. The molecule has 133 heavy (non-hydrogen) atoms. The molecule has 0 saturated carbocycles. The summed E-state index contributed by atoms with van der Waals surface area (Å²) in [6.07, 6.45) is 8.42. The minimum atomic E-state index is -1.54. The number of aryl methyl sites for hydroxylation is 3. The van der Waals surface area contributed by atoms with Gasteiger partial charge in [0.05, 0.1) is 128 Å². The molecule has 12 heterocycles. The third kappa shape index (κ3) is 15.4. The molecule has 0 radical (unpaired) electrons. The van der Waals surface area contributed by atoms with Gasteiger partial charge < -0.3 is 59.7 Å². The Balaban J connectivity index is 0.000000145. The van der Waals surface area contributed by atoms with E-state index in [9.17, 15) is 57.3 Å². The van der Waals surface area contributed by atoms with E-state index in [1.807, 2.05) is 51.3 Å². The summed E-state index contributed by atoms with van der Waals surface area (Å²) in [5.74, 6) is -15.5. The van der Waals surface area contributed by atoms with Crippen molar-refractivity contribution >= 4 is 114 Å². The summed E-state index contributed by atoms with van der Waals surface area (Å²) >= 11 is 20.9. The van der Waals surface area contributed by atoms with Gasteiger partial charge in [-0.25, -0.2) is 53.9 Å². The second-order valence-electron chi connectivity index (χ2n) is 33.8. The van der Waals surface area contributed by atoms with E-state index in [0.717, 1.165) is 24.3 Å². The first-order chi connectivity index (χ1) is 63.3. The summed E-state index contributed by atoms with van der Waals surface area (Å²) in [7, 11) is 1.61. The molecule has 0 spiro atoms. The third-order valence-electron chi connectivity index (χ3n) is 24.8. The molecule has 3 saturated heterocycles. The number of aromatic nitrogens is 9. The van der Waals surface area contributed by atoms with Gasteiger partial charge in [0.2, 0.25) is 17.7 Å². The lowest BCUT2D eigenvalue weighted by Gasteiger charge is -2.41. The largest absolute Gasteiger partial charge is 0.507 e. The number of halogens is 12. The molecule has 3 unspecified atom stereocenters. The predicted octanol–water partition coefficient (Wildman–Crippen LogP) is 15.8. The van der Waals surface area contributed by atoms with E-state index in [-0.39, 0.29) is 163 Å². The number of benzene rings is 6. The Labute approximate surface area is 768 Å². The minimum Gasteiger partial charge on any atom is -0.507 e. The van der Waals surface area contributed by atoms with E-state index < -0.39 is 159 Å². The maximum Gasteiger partial charge on any atom is 0.354 e. The number of phenolic OH excluding ortho intramolecular Hbond substituents is 3. The predicted molar refractivity (Wildman–Crippen MR) is 489 cm³/mol. The van der Waals surface area contributed by atoms with Gasteiger partial charge in [-0.05, 0) is 128 Å². The highest BCUT2D eigenvalue weighted by molar-refractivity contribution is 6.41. The van der Waals surface area contributed by atoms with Crippen LogP contribution in [0.2, 0.25) is 15.1 Å². The zero-order chi connectivity index (χ0) is 95.7. The summed E-state index contributed by atoms with van der Waals surface area (Å²) in [5, 5.41) is 34.1. The van der Waals surface area contributed by atoms with Crippen molar-refractivity contribution in [1.82, 2.24) is 58.3 Å². The van der Waals surface area contributed by atoms with Gasteiger partial charge in [0.25, 0.3) is 0 Å². The van der Waals surface area contributed by atoms with Crippen molar-refractivity contribution in [3.05, 3.63) is 244 Å². The number of ether oxygens (including phenoxy) is 1. The Morgan fingerprint density at radius 3 is 1.17 bits per heavy atom. The Hall–Kier alpha value is -13.7. The van der Waals surface area contributed by atoms with Gasteiger partial charge in [0.15, 0.2) is 58.1 Å². The molecule has 39 heteroatoms. The van der Waals surface area contributed by atoms with Gasteiger partial charge in [-0.1, -0.05) is 96.1 Å². The van der Waals surface area contributed by atoms with Crippen LogP contribution in [-0.4, -0.2) is 195 Å². The number of hydrogen-bond acceptors (Lipinski definition) is 21. The fourth-order valence-corrected chi connectivity index (χ4v) is 19.6. The molecule has 3 amide bonds. The molecule has 6 aromatic carbocycles. The van der Waals surface area contributed by atoms with Crippen molar-refractivity contribution in [2.24, 2.45) is 0 Å². The van der Waals surface area contributed by atoms with Gasteiger partial charge in [-0.15, -0.1) is 0 Å². The Bertz CT molecular complexity index is 6930. The average Bonchev–Trinajstić information content (AvgIpc) is 1.71. The molecule has 6 aliphatic rings. The SMILES string of the molecule is C=CC(=O)N1CCN2c3nc(=O)n(-c4c(C)ccnc4C(C)C)c4c(Cl)c(-c5c(O)ccc(F)c5F)c(F)c(c34)N(C)CC2C1.C=CC(=O)N1CCN2c3nc(=O)n(-c4c(C)ccnc4C(C)C)c4c(Cl)c(-c5c(O)ccc(F)c5F)c(F)c(c34)NCC2C1.C=CC(=O)N1CCN2c3nc(=O)n(-c4c(C)ccnc4C(C)C)c4c(Cl)c(-c5c(O)ccc(F)c5F)c(F)c(c34)OCC2C1. The summed E-state index contributed by atoms with van der Waals surface area (Å²) < 4.78 is 150. The zero-order valence-corrected chi connectivity index (χ0v) is 75.4. The number of carbonyl (C=O) groups is 3. The lowest BCUT2D eigenvalue weighted by molar-refractivity contribution is -0.127. The minimum absolute atomic E-state index is 0.00350. The first-order valence-electron chi connectivity index (χ1n) is 42.2. The molecule has 4 N–H and O–H groups in total. The number of aromatic hydroxyl groups is 3. The van der Waals surface area contributed by atoms with E-state index in [2.05, 4.69) is 55.0 Å². The van der Waals surface area contributed by atoms with Crippen molar-refractivity contribution in [3.63, 3.8) is 0 Å². The Kier molecular flexibility index (Phi) is 24.9. The number of amides is 3. The van der Waals surface area contributed by atoms with Gasteiger partial charge in [-0.3, -0.25) is 43.0 Å². The monoisotopic (exact) mass is 1890 g/mol. The maximum absolute atomic E-state index is 17.0. The molecular weight excluding hydrogens is 1800 g/mol.